The monoisotopic (exact) mass is 660 g/mol. The molecule has 0 fully saturated rings. The van der Waals surface area contributed by atoms with E-state index >= 15 is 0 Å². The molecule has 0 saturated carbocycles. The maximum Gasteiger partial charge on any atom is 0.417 e. The smallest absolute Gasteiger partial charge is 0.368 e. The number of amides is 2. The van der Waals surface area contributed by atoms with Crippen molar-refractivity contribution in [2.45, 2.75) is 30.5 Å². The standard InChI is InChI=1S/C23H16Cl3F9N2O2S/c24-15-6-11(7-16(25)18(15)26)13(22(30,31)32)4-2-10-1-3-12(14(5-10)23(33,34)35)20(39)37-17(19(36)38)8-40-9-21(27,28)29/h1-7,13,17H,8-9H2,(H2,36,38)(H,37,39)/b4-2+/t13?,17-/m0/s1. The Labute approximate surface area is 240 Å². The van der Waals surface area contributed by atoms with Gasteiger partial charge >= 0.3 is 18.5 Å². The molecule has 0 aromatic heterocycles. The van der Waals surface area contributed by atoms with Crippen LogP contribution in [-0.4, -0.2) is 41.7 Å². The number of hydrogen-bond acceptors (Lipinski definition) is 3. The predicted molar refractivity (Wildman–Crippen MR) is 135 cm³/mol. The Bertz CT molecular complexity index is 1260. The van der Waals surface area contributed by atoms with Crippen LogP contribution in [-0.2, 0) is 11.0 Å². The minimum atomic E-state index is -5.19. The van der Waals surface area contributed by atoms with Gasteiger partial charge in [-0.05, 0) is 35.4 Å². The van der Waals surface area contributed by atoms with E-state index in [-0.39, 0.29) is 26.8 Å². The highest BCUT2D eigenvalue weighted by Gasteiger charge is 2.40. The number of nitrogens with one attached hydrogen (secondary N) is 1. The normalized spacial score (nSPS) is 14.3. The van der Waals surface area contributed by atoms with Crippen LogP contribution in [0.4, 0.5) is 39.5 Å². The van der Waals surface area contributed by atoms with Gasteiger partial charge in [-0.2, -0.15) is 39.5 Å². The summed E-state index contributed by atoms with van der Waals surface area (Å²) in [6, 6.07) is 1.97. The molecule has 0 bridgehead atoms. The molecule has 40 heavy (non-hydrogen) atoms. The fourth-order valence-corrected chi connectivity index (χ4v) is 4.64. The molecule has 0 aliphatic heterocycles. The van der Waals surface area contributed by atoms with Gasteiger partial charge in [-0.1, -0.05) is 53.0 Å². The molecule has 0 aliphatic carbocycles. The van der Waals surface area contributed by atoms with Gasteiger partial charge in [-0.3, -0.25) is 9.59 Å². The molecule has 0 saturated heterocycles. The molecule has 2 rings (SSSR count). The lowest BCUT2D eigenvalue weighted by atomic mass is 9.96. The maximum atomic E-state index is 13.8. The summed E-state index contributed by atoms with van der Waals surface area (Å²) in [5, 5.41) is 1.09. The highest BCUT2D eigenvalue weighted by molar-refractivity contribution is 7.99. The van der Waals surface area contributed by atoms with E-state index in [2.05, 4.69) is 0 Å². The number of thioether (sulfide) groups is 1. The molecule has 220 valence electrons. The minimum absolute atomic E-state index is 0.170. The third-order valence-electron chi connectivity index (χ3n) is 4.99. The number of carbonyl (C=O) groups excluding carboxylic acids is 2. The highest BCUT2D eigenvalue weighted by Crippen LogP contribution is 2.41. The predicted octanol–water partition coefficient (Wildman–Crippen LogP) is 7.90. The largest absolute Gasteiger partial charge is 0.417 e. The van der Waals surface area contributed by atoms with E-state index in [1.165, 1.54) is 0 Å². The fraction of sp³-hybridized carbons (Fsp3) is 0.304. The summed E-state index contributed by atoms with van der Waals surface area (Å²) in [5.74, 6) is -7.23. The number of benzene rings is 2. The number of carbonyl (C=O) groups is 2. The Morgan fingerprint density at radius 1 is 0.950 bits per heavy atom. The number of allylic oxidation sites excluding steroid dienone is 1. The van der Waals surface area contributed by atoms with Crippen molar-refractivity contribution in [2.75, 3.05) is 11.5 Å². The van der Waals surface area contributed by atoms with Gasteiger partial charge in [0.2, 0.25) is 5.91 Å². The molecule has 0 spiro atoms. The zero-order chi connectivity index (χ0) is 30.6. The molecule has 3 N–H and O–H groups in total. The van der Waals surface area contributed by atoms with E-state index in [1.54, 1.807) is 0 Å². The molecule has 2 amide bonds. The summed E-state index contributed by atoms with van der Waals surface area (Å²) in [4.78, 5) is 24.1. The Morgan fingerprint density at radius 3 is 2.00 bits per heavy atom. The summed E-state index contributed by atoms with van der Waals surface area (Å²) in [6.45, 7) is 0. The highest BCUT2D eigenvalue weighted by atomic mass is 35.5. The van der Waals surface area contributed by atoms with Crippen LogP contribution >= 0.6 is 46.6 Å². The topological polar surface area (TPSA) is 72.2 Å². The SMILES string of the molecule is NC(=O)[C@H](CSCC(F)(F)F)NC(=O)c1ccc(/C=C/C(c2cc(Cl)c(Cl)c(Cl)c2)C(F)(F)F)cc1C(F)(F)F. The summed E-state index contributed by atoms with van der Waals surface area (Å²) in [7, 11) is 0. The number of nitrogens with two attached hydrogens (primary N) is 1. The van der Waals surface area contributed by atoms with Gasteiger partial charge in [-0.15, -0.1) is 11.8 Å². The minimum Gasteiger partial charge on any atom is -0.368 e. The number of halogens is 12. The molecule has 4 nitrogen and oxygen atoms in total. The van der Waals surface area contributed by atoms with Crippen molar-refractivity contribution in [3.05, 3.63) is 73.7 Å². The van der Waals surface area contributed by atoms with E-state index < -0.39 is 76.1 Å². The number of hydrogen-bond donors (Lipinski definition) is 2. The van der Waals surface area contributed by atoms with Crippen molar-refractivity contribution >= 4 is 64.5 Å². The van der Waals surface area contributed by atoms with Crippen LogP contribution < -0.4 is 11.1 Å². The number of alkyl halides is 9. The summed E-state index contributed by atoms with van der Waals surface area (Å²) in [6.07, 6.45) is -13.4. The Balaban J connectivity index is 2.40. The second-order valence-electron chi connectivity index (χ2n) is 8.04. The first-order chi connectivity index (χ1) is 18.2. The van der Waals surface area contributed by atoms with Crippen molar-refractivity contribution < 1.29 is 49.1 Å². The van der Waals surface area contributed by atoms with Crippen molar-refractivity contribution in [3.8, 4) is 0 Å². The van der Waals surface area contributed by atoms with E-state index in [0.717, 1.165) is 24.3 Å². The maximum absolute atomic E-state index is 13.8. The zero-order valence-corrected chi connectivity index (χ0v) is 22.5. The number of primary amides is 1. The molecule has 2 aromatic carbocycles. The van der Waals surface area contributed by atoms with Crippen LogP contribution in [0.3, 0.4) is 0 Å². The molecule has 0 aliphatic rings. The molecule has 0 heterocycles. The molecule has 17 heteroatoms. The van der Waals surface area contributed by atoms with Gasteiger partial charge in [0.25, 0.3) is 5.91 Å². The van der Waals surface area contributed by atoms with Gasteiger partial charge in [-0.25, -0.2) is 0 Å². The van der Waals surface area contributed by atoms with Crippen molar-refractivity contribution in [2.24, 2.45) is 5.73 Å². The van der Waals surface area contributed by atoms with E-state index in [0.29, 0.717) is 18.2 Å². The second kappa shape index (κ2) is 13.1. The lowest BCUT2D eigenvalue weighted by Gasteiger charge is -2.19. The average Bonchev–Trinajstić information content (AvgIpc) is 2.79. The summed E-state index contributed by atoms with van der Waals surface area (Å²) >= 11 is 17.5. The Hall–Kier alpha value is -2.29. The van der Waals surface area contributed by atoms with Gasteiger partial charge in [0.1, 0.15) is 6.04 Å². The third kappa shape index (κ3) is 9.67. The van der Waals surface area contributed by atoms with Crippen LogP contribution in [0.15, 0.2) is 36.4 Å². The zero-order valence-electron chi connectivity index (χ0n) is 19.4. The molecular formula is C23H16Cl3F9N2O2S. The van der Waals surface area contributed by atoms with Crippen LogP contribution in [0.25, 0.3) is 6.08 Å². The quantitative estimate of drug-likeness (QED) is 0.212. The van der Waals surface area contributed by atoms with Crippen molar-refractivity contribution in [1.29, 1.82) is 0 Å². The Morgan fingerprint density at radius 2 is 1.52 bits per heavy atom. The van der Waals surface area contributed by atoms with E-state index in [9.17, 15) is 49.1 Å². The first-order valence-electron chi connectivity index (χ1n) is 10.6. The van der Waals surface area contributed by atoms with Crippen LogP contribution in [0.5, 0.6) is 0 Å². The van der Waals surface area contributed by atoms with Gasteiger partial charge < -0.3 is 11.1 Å². The number of rotatable bonds is 9. The summed E-state index contributed by atoms with van der Waals surface area (Å²) in [5.41, 5.74) is 1.58. The lowest BCUT2D eigenvalue weighted by Crippen LogP contribution is -2.46. The van der Waals surface area contributed by atoms with E-state index in [1.807, 2.05) is 5.32 Å². The summed E-state index contributed by atoms with van der Waals surface area (Å²) < 4.78 is 120. The van der Waals surface area contributed by atoms with Crippen molar-refractivity contribution in [1.82, 2.24) is 5.32 Å². The Kier molecular flexibility index (Phi) is 11.1. The first-order valence-corrected chi connectivity index (χ1v) is 12.8. The molecule has 1 unspecified atom stereocenters. The van der Waals surface area contributed by atoms with Gasteiger partial charge in [0.05, 0.1) is 37.9 Å². The van der Waals surface area contributed by atoms with Crippen LogP contribution in [0, 0.1) is 0 Å². The van der Waals surface area contributed by atoms with Gasteiger partial charge in [0.15, 0.2) is 0 Å². The lowest BCUT2D eigenvalue weighted by molar-refractivity contribution is -0.139. The van der Waals surface area contributed by atoms with E-state index in [4.69, 9.17) is 40.5 Å². The van der Waals surface area contributed by atoms with Crippen LogP contribution in [0.1, 0.15) is 33.0 Å². The first kappa shape index (κ1) is 33.9. The van der Waals surface area contributed by atoms with Crippen molar-refractivity contribution in [3.63, 3.8) is 0 Å². The second-order valence-corrected chi connectivity index (χ2v) is 10.3. The molecule has 2 aromatic rings. The molecular weight excluding hydrogens is 646 g/mol. The van der Waals surface area contributed by atoms with Crippen LogP contribution in [0.2, 0.25) is 15.1 Å². The molecule has 2 atom stereocenters. The fourth-order valence-electron chi connectivity index (χ4n) is 3.19. The van der Waals surface area contributed by atoms with Gasteiger partial charge in [0, 0.05) is 5.75 Å². The molecule has 0 radical (unpaired) electrons. The third-order valence-corrected chi connectivity index (χ3v) is 7.29. The average molecular weight is 662 g/mol.